The number of aliphatic carboxylic acids is 1. The second-order valence-corrected chi connectivity index (χ2v) is 6.72. The quantitative estimate of drug-likeness (QED) is 0.843. The van der Waals surface area contributed by atoms with E-state index in [4.69, 9.17) is 9.47 Å². The Morgan fingerprint density at radius 2 is 1.96 bits per heavy atom. The third-order valence-electron chi connectivity index (χ3n) is 4.72. The lowest BCUT2D eigenvalue weighted by atomic mass is 10.1. The molecule has 2 atom stereocenters. The van der Waals surface area contributed by atoms with Crippen molar-refractivity contribution in [3.8, 4) is 11.5 Å². The number of carbonyl (C=O) groups excluding carboxylic acids is 1. The van der Waals surface area contributed by atoms with Gasteiger partial charge in [-0.3, -0.25) is 9.59 Å². The van der Waals surface area contributed by atoms with E-state index in [0.29, 0.717) is 30.0 Å². The number of likely N-dealkylation sites (tertiary alicyclic amines) is 1. The topological polar surface area (TPSA) is 76.1 Å². The van der Waals surface area contributed by atoms with E-state index in [-0.39, 0.29) is 18.4 Å². The highest BCUT2D eigenvalue weighted by Crippen LogP contribution is 2.30. The summed E-state index contributed by atoms with van der Waals surface area (Å²) in [6, 6.07) is 14.2. The van der Waals surface area contributed by atoms with Crippen LogP contribution in [0.25, 0.3) is 0 Å². The molecule has 1 aliphatic rings. The van der Waals surface area contributed by atoms with Gasteiger partial charge in [0, 0.05) is 19.7 Å². The van der Waals surface area contributed by atoms with E-state index < -0.39 is 12.0 Å². The van der Waals surface area contributed by atoms with Crippen LogP contribution in [0.2, 0.25) is 0 Å². The second kappa shape index (κ2) is 8.22. The molecule has 6 nitrogen and oxygen atoms in total. The summed E-state index contributed by atoms with van der Waals surface area (Å²) >= 11 is 0. The number of hydrogen-bond donors (Lipinski definition) is 1. The first kappa shape index (κ1) is 18.9. The number of ether oxygens (including phenoxy) is 2. The van der Waals surface area contributed by atoms with Crippen molar-refractivity contribution in [3.63, 3.8) is 0 Å². The molecular weight excluding hydrogens is 346 g/mol. The number of carboxylic acids is 1. The van der Waals surface area contributed by atoms with Crippen LogP contribution in [-0.2, 0) is 9.53 Å². The summed E-state index contributed by atoms with van der Waals surface area (Å²) in [7, 11) is 1.57. The Morgan fingerprint density at radius 3 is 2.67 bits per heavy atom. The van der Waals surface area contributed by atoms with Crippen molar-refractivity contribution >= 4 is 11.9 Å². The molecule has 2 aromatic carbocycles. The van der Waals surface area contributed by atoms with Crippen LogP contribution in [0, 0.1) is 6.92 Å². The maximum absolute atomic E-state index is 13.2. The third kappa shape index (κ3) is 4.46. The summed E-state index contributed by atoms with van der Waals surface area (Å²) in [4.78, 5) is 26.0. The van der Waals surface area contributed by atoms with Crippen molar-refractivity contribution in [2.24, 2.45) is 0 Å². The Labute approximate surface area is 158 Å². The zero-order valence-corrected chi connectivity index (χ0v) is 15.4. The van der Waals surface area contributed by atoms with Crippen LogP contribution in [0.1, 0.15) is 28.8 Å². The van der Waals surface area contributed by atoms with Gasteiger partial charge in [-0.15, -0.1) is 0 Å². The van der Waals surface area contributed by atoms with Gasteiger partial charge in [-0.25, -0.2) is 0 Å². The fourth-order valence-corrected chi connectivity index (χ4v) is 3.38. The van der Waals surface area contributed by atoms with Crippen molar-refractivity contribution in [2.75, 3.05) is 13.7 Å². The largest absolute Gasteiger partial charge is 0.481 e. The van der Waals surface area contributed by atoms with Crippen LogP contribution in [0.3, 0.4) is 0 Å². The minimum absolute atomic E-state index is 0.105. The molecular formula is C21H23NO5. The number of nitrogens with zero attached hydrogens (tertiary/aromatic N) is 1. The Morgan fingerprint density at radius 1 is 1.19 bits per heavy atom. The van der Waals surface area contributed by atoms with Crippen LogP contribution in [-0.4, -0.2) is 47.7 Å². The summed E-state index contributed by atoms with van der Waals surface area (Å²) in [5.41, 5.74) is 1.46. The summed E-state index contributed by atoms with van der Waals surface area (Å²) in [5, 5.41) is 9.17. The van der Waals surface area contributed by atoms with Gasteiger partial charge in [-0.05, 0) is 43.2 Å². The first-order chi connectivity index (χ1) is 13.0. The number of aryl methyl sites for hydroxylation is 1. The van der Waals surface area contributed by atoms with Gasteiger partial charge in [0.05, 0.1) is 18.1 Å². The highest BCUT2D eigenvalue weighted by Gasteiger charge is 2.37. The van der Waals surface area contributed by atoms with E-state index in [9.17, 15) is 14.7 Å². The SMILES string of the molecule is COC1CC(CC(=O)O)N(C(=O)c2ccccc2Oc2cccc(C)c2)C1. The van der Waals surface area contributed by atoms with E-state index in [2.05, 4.69) is 0 Å². The zero-order valence-electron chi connectivity index (χ0n) is 15.4. The molecule has 1 aliphatic heterocycles. The van der Waals surface area contributed by atoms with Gasteiger partial charge in [-0.2, -0.15) is 0 Å². The molecule has 3 rings (SSSR count). The lowest BCUT2D eigenvalue weighted by Gasteiger charge is -2.24. The fourth-order valence-electron chi connectivity index (χ4n) is 3.38. The molecule has 0 spiro atoms. The number of hydrogen-bond acceptors (Lipinski definition) is 4. The Hall–Kier alpha value is -2.86. The number of para-hydroxylation sites is 1. The molecule has 1 fully saturated rings. The Bertz CT molecular complexity index is 835. The van der Waals surface area contributed by atoms with Crippen LogP contribution < -0.4 is 4.74 Å². The number of benzene rings is 2. The number of methoxy groups -OCH3 is 1. The third-order valence-corrected chi connectivity index (χ3v) is 4.72. The normalized spacial score (nSPS) is 19.1. The molecule has 2 aromatic rings. The number of carbonyl (C=O) groups is 2. The van der Waals surface area contributed by atoms with E-state index in [1.54, 1.807) is 36.3 Å². The van der Waals surface area contributed by atoms with Gasteiger partial charge in [0.25, 0.3) is 5.91 Å². The second-order valence-electron chi connectivity index (χ2n) is 6.72. The van der Waals surface area contributed by atoms with Crippen LogP contribution in [0.15, 0.2) is 48.5 Å². The number of carboxylic acid groups (broad SMARTS) is 1. The predicted molar refractivity (Wildman–Crippen MR) is 100 cm³/mol. The van der Waals surface area contributed by atoms with Gasteiger partial charge in [-0.1, -0.05) is 24.3 Å². The van der Waals surface area contributed by atoms with Crippen molar-refractivity contribution in [2.45, 2.75) is 31.9 Å². The molecule has 2 unspecified atom stereocenters. The molecule has 0 aromatic heterocycles. The molecule has 142 valence electrons. The van der Waals surface area contributed by atoms with Crippen molar-refractivity contribution in [1.82, 2.24) is 4.90 Å². The first-order valence-electron chi connectivity index (χ1n) is 8.87. The van der Waals surface area contributed by atoms with E-state index >= 15 is 0 Å². The lowest BCUT2D eigenvalue weighted by molar-refractivity contribution is -0.137. The smallest absolute Gasteiger partial charge is 0.305 e. The Balaban J connectivity index is 1.86. The average molecular weight is 369 g/mol. The van der Waals surface area contributed by atoms with Crippen molar-refractivity contribution in [1.29, 1.82) is 0 Å². The zero-order chi connectivity index (χ0) is 19.4. The highest BCUT2D eigenvalue weighted by atomic mass is 16.5. The van der Waals surface area contributed by atoms with E-state index in [0.717, 1.165) is 5.56 Å². The minimum Gasteiger partial charge on any atom is -0.481 e. The molecule has 1 N–H and O–H groups in total. The van der Waals surface area contributed by atoms with Crippen LogP contribution >= 0.6 is 0 Å². The summed E-state index contributed by atoms with van der Waals surface area (Å²) in [6.45, 7) is 2.33. The molecule has 0 aliphatic carbocycles. The number of amides is 1. The average Bonchev–Trinajstić information content (AvgIpc) is 3.04. The molecule has 1 saturated heterocycles. The standard InChI is InChI=1S/C21H23NO5/c1-14-6-5-7-16(10-14)27-19-9-4-3-8-18(19)21(25)22-13-17(26-2)11-15(22)12-20(23)24/h3-10,15,17H,11-13H2,1-2H3,(H,23,24). The first-order valence-corrected chi connectivity index (χ1v) is 8.87. The summed E-state index contributed by atoms with van der Waals surface area (Å²) in [6.07, 6.45) is 0.241. The molecule has 0 saturated carbocycles. The van der Waals surface area contributed by atoms with Crippen LogP contribution in [0.5, 0.6) is 11.5 Å². The van der Waals surface area contributed by atoms with E-state index in [1.807, 2.05) is 31.2 Å². The van der Waals surface area contributed by atoms with Gasteiger partial charge in [0.2, 0.25) is 0 Å². The molecule has 0 bridgehead atoms. The maximum Gasteiger partial charge on any atom is 0.305 e. The molecule has 1 amide bonds. The monoisotopic (exact) mass is 369 g/mol. The Kier molecular flexibility index (Phi) is 5.76. The summed E-state index contributed by atoms with van der Waals surface area (Å²) in [5.74, 6) is -0.0838. The fraction of sp³-hybridized carbons (Fsp3) is 0.333. The molecule has 0 radical (unpaired) electrons. The predicted octanol–water partition coefficient (Wildman–Crippen LogP) is 3.49. The van der Waals surface area contributed by atoms with Crippen molar-refractivity contribution in [3.05, 3.63) is 59.7 Å². The maximum atomic E-state index is 13.2. The highest BCUT2D eigenvalue weighted by molar-refractivity contribution is 5.97. The van der Waals surface area contributed by atoms with E-state index in [1.165, 1.54) is 0 Å². The van der Waals surface area contributed by atoms with Gasteiger partial charge in [0.1, 0.15) is 11.5 Å². The summed E-state index contributed by atoms with van der Waals surface area (Å²) < 4.78 is 11.3. The van der Waals surface area contributed by atoms with Gasteiger partial charge >= 0.3 is 5.97 Å². The number of rotatable bonds is 6. The van der Waals surface area contributed by atoms with Gasteiger partial charge in [0.15, 0.2) is 0 Å². The minimum atomic E-state index is -0.932. The lowest BCUT2D eigenvalue weighted by Crippen LogP contribution is -2.37. The molecule has 1 heterocycles. The van der Waals surface area contributed by atoms with Crippen molar-refractivity contribution < 1.29 is 24.2 Å². The molecule has 6 heteroatoms. The van der Waals surface area contributed by atoms with Gasteiger partial charge < -0.3 is 19.5 Å². The molecule has 27 heavy (non-hydrogen) atoms. The van der Waals surface area contributed by atoms with Crippen LogP contribution in [0.4, 0.5) is 0 Å².